The summed E-state index contributed by atoms with van der Waals surface area (Å²) in [7, 11) is 0. The van der Waals surface area contributed by atoms with E-state index in [1.807, 2.05) is 0 Å². The topological polar surface area (TPSA) is 15.3 Å². The van der Waals surface area contributed by atoms with Crippen molar-refractivity contribution in [3.8, 4) is 0 Å². The Hall–Kier alpha value is -0.860. The number of hydrogen-bond donors (Lipinski definition) is 1. The van der Waals surface area contributed by atoms with E-state index in [0.717, 1.165) is 19.6 Å². The third kappa shape index (κ3) is 3.33. The van der Waals surface area contributed by atoms with Crippen molar-refractivity contribution in [3.05, 3.63) is 34.9 Å². The molecule has 2 nitrogen and oxygen atoms in total. The monoisotopic (exact) mass is 246 g/mol. The number of rotatable bonds is 3. The average molecular weight is 246 g/mol. The summed E-state index contributed by atoms with van der Waals surface area (Å²) in [5.41, 5.74) is 4.27. The highest BCUT2D eigenvalue weighted by molar-refractivity contribution is 5.30. The minimum Gasteiger partial charge on any atom is -0.311 e. The van der Waals surface area contributed by atoms with Crippen molar-refractivity contribution in [1.82, 2.24) is 10.2 Å². The van der Waals surface area contributed by atoms with Gasteiger partial charge < -0.3 is 5.32 Å². The molecule has 1 atom stereocenters. The predicted molar refractivity (Wildman–Crippen MR) is 77.8 cm³/mol. The number of hydrogen-bond acceptors (Lipinski definition) is 2. The van der Waals surface area contributed by atoms with Gasteiger partial charge in [-0.15, -0.1) is 0 Å². The standard InChI is InChI=1S/C16H26N2/c1-12(2)16-11-18(8-7-17-16)10-15-9-13(3)5-6-14(15)4/h5-6,9,12,16-17H,7-8,10-11H2,1-4H3. The first-order valence-corrected chi connectivity index (χ1v) is 7.08. The molecule has 1 unspecified atom stereocenters. The Morgan fingerprint density at radius 3 is 2.83 bits per heavy atom. The molecule has 1 aliphatic rings. The number of piperazine rings is 1. The van der Waals surface area contributed by atoms with Gasteiger partial charge in [0, 0.05) is 32.2 Å². The fourth-order valence-electron chi connectivity index (χ4n) is 2.64. The van der Waals surface area contributed by atoms with Gasteiger partial charge >= 0.3 is 0 Å². The molecule has 18 heavy (non-hydrogen) atoms. The van der Waals surface area contributed by atoms with Gasteiger partial charge in [-0.25, -0.2) is 0 Å². The molecule has 0 saturated carbocycles. The molecule has 0 spiro atoms. The van der Waals surface area contributed by atoms with Crippen molar-refractivity contribution in [2.45, 2.75) is 40.3 Å². The molecule has 2 heteroatoms. The Bertz CT molecular complexity index is 398. The molecule has 1 fully saturated rings. The van der Waals surface area contributed by atoms with E-state index in [-0.39, 0.29) is 0 Å². The second-order valence-electron chi connectivity index (χ2n) is 5.97. The van der Waals surface area contributed by atoms with E-state index in [1.165, 1.54) is 23.2 Å². The molecule has 0 amide bonds. The molecule has 0 bridgehead atoms. The van der Waals surface area contributed by atoms with Gasteiger partial charge in [0.15, 0.2) is 0 Å². The van der Waals surface area contributed by atoms with E-state index >= 15 is 0 Å². The Kier molecular flexibility index (Phi) is 4.41. The minimum atomic E-state index is 0.642. The first-order valence-electron chi connectivity index (χ1n) is 7.08. The normalized spacial score (nSPS) is 21.5. The van der Waals surface area contributed by atoms with Crippen molar-refractivity contribution in [3.63, 3.8) is 0 Å². The van der Waals surface area contributed by atoms with Crippen LogP contribution in [0, 0.1) is 19.8 Å². The Morgan fingerprint density at radius 1 is 1.33 bits per heavy atom. The third-order valence-corrected chi connectivity index (χ3v) is 3.99. The molecular weight excluding hydrogens is 220 g/mol. The summed E-state index contributed by atoms with van der Waals surface area (Å²) in [6.45, 7) is 13.6. The Labute approximate surface area is 111 Å². The van der Waals surface area contributed by atoms with Gasteiger partial charge in [0.1, 0.15) is 0 Å². The molecular formula is C16H26N2. The summed E-state index contributed by atoms with van der Waals surface area (Å²) < 4.78 is 0. The lowest BCUT2D eigenvalue weighted by molar-refractivity contribution is 0.168. The zero-order chi connectivity index (χ0) is 13.1. The molecule has 1 heterocycles. The summed E-state index contributed by atoms with van der Waals surface area (Å²) in [6, 6.07) is 7.42. The maximum absolute atomic E-state index is 3.62. The summed E-state index contributed by atoms with van der Waals surface area (Å²) in [6.07, 6.45) is 0. The second-order valence-corrected chi connectivity index (χ2v) is 5.97. The van der Waals surface area contributed by atoms with Gasteiger partial charge in [-0.05, 0) is 30.9 Å². The largest absolute Gasteiger partial charge is 0.311 e. The van der Waals surface area contributed by atoms with Crippen LogP contribution in [0.1, 0.15) is 30.5 Å². The maximum Gasteiger partial charge on any atom is 0.0237 e. The smallest absolute Gasteiger partial charge is 0.0237 e. The molecule has 1 aromatic carbocycles. The Morgan fingerprint density at radius 2 is 2.11 bits per heavy atom. The average Bonchev–Trinajstić information content (AvgIpc) is 2.34. The lowest BCUT2D eigenvalue weighted by Gasteiger charge is -2.36. The number of nitrogens with one attached hydrogen (secondary N) is 1. The molecule has 2 rings (SSSR count). The zero-order valence-electron chi connectivity index (χ0n) is 12.2. The quantitative estimate of drug-likeness (QED) is 0.882. The van der Waals surface area contributed by atoms with Crippen LogP contribution in [0.5, 0.6) is 0 Å². The van der Waals surface area contributed by atoms with Gasteiger partial charge in [0.2, 0.25) is 0 Å². The van der Waals surface area contributed by atoms with Gasteiger partial charge in [-0.2, -0.15) is 0 Å². The van der Waals surface area contributed by atoms with Crippen LogP contribution in [0.4, 0.5) is 0 Å². The van der Waals surface area contributed by atoms with Crippen LogP contribution in [0.2, 0.25) is 0 Å². The lowest BCUT2D eigenvalue weighted by Crippen LogP contribution is -2.52. The summed E-state index contributed by atoms with van der Waals surface area (Å²) >= 11 is 0. The fourth-order valence-corrected chi connectivity index (χ4v) is 2.64. The highest BCUT2D eigenvalue weighted by Gasteiger charge is 2.21. The summed E-state index contributed by atoms with van der Waals surface area (Å²) in [4.78, 5) is 2.59. The van der Waals surface area contributed by atoms with Crippen molar-refractivity contribution in [2.75, 3.05) is 19.6 Å². The van der Waals surface area contributed by atoms with Crippen molar-refractivity contribution in [2.24, 2.45) is 5.92 Å². The van der Waals surface area contributed by atoms with E-state index in [9.17, 15) is 0 Å². The zero-order valence-corrected chi connectivity index (χ0v) is 12.2. The minimum absolute atomic E-state index is 0.642. The van der Waals surface area contributed by atoms with Gasteiger partial charge in [0.05, 0.1) is 0 Å². The fraction of sp³-hybridized carbons (Fsp3) is 0.625. The van der Waals surface area contributed by atoms with Crippen LogP contribution in [0.25, 0.3) is 0 Å². The van der Waals surface area contributed by atoms with Crippen LogP contribution in [0.3, 0.4) is 0 Å². The lowest BCUT2D eigenvalue weighted by atomic mass is 10.0. The molecule has 100 valence electrons. The SMILES string of the molecule is Cc1ccc(C)c(CN2CCNC(C(C)C)C2)c1. The molecule has 0 aromatic heterocycles. The molecule has 0 aliphatic carbocycles. The summed E-state index contributed by atoms with van der Waals surface area (Å²) in [5, 5.41) is 3.62. The predicted octanol–water partition coefficient (Wildman–Crippen LogP) is 2.73. The second kappa shape index (κ2) is 5.85. The highest BCUT2D eigenvalue weighted by atomic mass is 15.2. The summed E-state index contributed by atoms with van der Waals surface area (Å²) in [5.74, 6) is 0.714. The molecule has 1 N–H and O–H groups in total. The van der Waals surface area contributed by atoms with E-state index in [4.69, 9.17) is 0 Å². The van der Waals surface area contributed by atoms with E-state index in [0.29, 0.717) is 12.0 Å². The van der Waals surface area contributed by atoms with Crippen LogP contribution in [0.15, 0.2) is 18.2 Å². The number of benzene rings is 1. The van der Waals surface area contributed by atoms with Crippen LogP contribution >= 0.6 is 0 Å². The van der Waals surface area contributed by atoms with Crippen molar-refractivity contribution < 1.29 is 0 Å². The molecule has 1 aliphatic heterocycles. The van der Waals surface area contributed by atoms with Crippen molar-refractivity contribution >= 4 is 0 Å². The van der Waals surface area contributed by atoms with Crippen molar-refractivity contribution in [1.29, 1.82) is 0 Å². The van der Waals surface area contributed by atoms with E-state index in [2.05, 4.69) is 56.1 Å². The van der Waals surface area contributed by atoms with E-state index in [1.54, 1.807) is 0 Å². The number of nitrogens with zero attached hydrogens (tertiary/aromatic N) is 1. The molecule has 1 aromatic rings. The first-order chi connectivity index (χ1) is 8.56. The van der Waals surface area contributed by atoms with Crippen LogP contribution < -0.4 is 5.32 Å². The first kappa shape index (κ1) is 13.6. The van der Waals surface area contributed by atoms with E-state index < -0.39 is 0 Å². The maximum atomic E-state index is 3.62. The van der Waals surface area contributed by atoms with Crippen LogP contribution in [-0.4, -0.2) is 30.6 Å². The Balaban J connectivity index is 2.02. The molecule has 0 radical (unpaired) electrons. The van der Waals surface area contributed by atoms with Gasteiger partial charge in [0.25, 0.3) is 0 Å². The number of aryl methyl sites for hydroxylation is 2. The van der Waals surface area contributed by atoms with Crippen LogP contribution in [-0.2, 0) is 6.54 Å². The van der Waals surface area contributed by atoms with Gasteiger partial charge in [-0.1, -0.05) is 37.6 Å². The van der Waals surface area contributed by atoms with Gasteiger partial charge in [-0.3, -0.25) is 4.90 Å². The third-order valence-electron chi connectivity index (χ3n) is 3.99. The molecule has 1 saturated heterocycles. The highest BCUT2D eigenvalue weighted by Crippen LogP contribution is 2.16.